The topological polar surface area (TPSA) is 70.9 Å². The largest absolute Gasteiger partial charge is 0.508 e. The minimum Gasteiger partial charge on any atom is -0.508 e. The Bertz CT molecular complexity index is 580. The maximum atomic E-state index is 11.5. The molecule has 2 rings (SSSR count). The zero-order chi connectivity index (χ0) is 14.2. The molecular formula is C15H14N2O3. The molecule has 0 aliphatic heterocycles. The number of carbonyl (C=O) groups excluding carboxylic acids is 1. The van der Waals surface area contributed by atoms with Gasteiger partial charge in [-0.2, -0.15) is 5.10 Å². The smallest absolute Gasteiger partial charge is 0.277 e. The van der Waals surface area contributed by atoms with Gasteiger partial charge in [0, 0.05) is 0 Å². The van der Waals surface area contributed by atoms with E-state index in [2.05, 4.69) is 10.5 Å². The molecule has 0 spiro atoms. The number of benzene rings is 2. The maximum absolute atomic E-state index is 11.5. The van der Waals surface area contributed by atoms with Gasteiger partial charge < -0.3 is 9.84 Å². The number of carbonyl (C=O) groups is 1. The maximum Gasteiger partial charge on any atom is 0.277 e. The van der Waals surface area contributed by atoms with Gasteiger partial charge in [-0.1, -0.05) is 18.2 Å². The number of ether oxygens (including phenoxy) is 1. The van der Waals surface area contributed by atoms with Crippen LogP contribution in [0, 0.1) is 0 Å². The molecule has 20 heavy (non-hydrogen) atoms. The van der Waals surface area contributed by atoms with Crippen LogP contribution in [0.25, 0.3) is 0 Å². The molecule has 0 aromatic heterocycles. The average molecular weight is 270 g/mol. The van der Waals surface area contributed by atoms with E-state index >= 15 is 0 Å². The normalized spacial score (nSPS) is 10.4. The molecule has 0 radical (unpaired) electrons. The Balaban J connectivity index is 1.76. The highest BCUT2D eigenvalue weighted by Crippen LogP contribution is 2.08. The third-order valence-corrected chi connectivity index (χ3v) is 2.41. The molecular weight excluding hydrogens is 256 g/mol. The van der Waals surface area contributed by atoms with E-state index in [9.17, 15) is 4.79 Å². The van der Waals surface area contributed by atoms with Gasteiger partial charge in [-0.05, 0) is 42.0 Å². The molecule has 1 amide bonds. The zero-order valence-electron chi connectivity index (χ0n) is 10.7. The third kappa shape index (κ3) is 4.45. The van der Waals surface area contributed by atoms with Crippen LogP contribution in [-0.4, -0.2) is 23.8 Å². The van der Waals surface area contributed by atoms with E-state index in [1.807, 2.05) is 18.2 Å². The molecule has 0 fully saturated rings. The van der Waals surface area contributed by atoms with Crippen LogP contribution < -0.4 is 10.2 Å². The van der Waals surface area contributed by atoms with E-state index in [1.54, 1.807) is 36.4 Å². The van der Waals surface area contributed by atoms with Gasteiger partial charge in [0.15, 0.2) is 6.61 Å². The number of amides is 1. The number of hydrogen-bond acceptors (Lipinski definition) is 4. The number of nitrogens with zero attached hydrogens (tertiary/aromatic N) is 1. The lowest BCUT2D eigenvalue weighted by Gasteiger charge is -2.04. The molecule has 0 unspecified atom stereocenters. The van der Waals surface area contributed by atoms with Crippen LogP contribution in [0.2, 0.25) is 0 Å². The summed E-state index contributed by atoms with van der Waals surface area (Å²) < 4.78 is 5.27. The van der Waals surface area contributed by atoms with Crippen molar-refractivity contribution in [2.45, 2.75) is 0 Å². The number of aromatic hydroxyl groups is 1. The van der Waals surface area contributed by atoms with Crippen molar-refractivity contribution >= 4 is 12.1 Å². The standard InChI is InChI=1S/C15H14N2O3/c18-13-8-6-12(7-9-13)10-16-17-15(19)11-20-14-4-2-1-3-5-14/h1-10,18H,11H2,(H,17,19)/b16-10-. The summed E-state index contributed by atoms with van der Waals surface area (Å²) in [5.74, 6) is 0.469. The molecule has 0 bridgehead atoms. The van der Waals surface area contributed by atoms with Crippen molar-refractivity contribution in [1.29, 1.82) is 0 Å². The number of phenols is 1. The zero-order valence-corrected chi connectivity index (χ0v) is 10.7. The predicted octanol–water partition coefficient (Wildman–Crippen LogP) is 1.92. The molecule has 5 heteroatoms. The molecule has 5 nitrogen and oxygen atoms in total. The minimum atomic E-state index is -0.344. The molecule has 0 saturated carbocycles. The Hall–Kier alpha value is -2.82. The highest BCUT2D eigenvalue weighted by atomic mass is 16.5. The monoisotopic (exact) mass is 270 g/mol. The summed E-state index contributed by atoms with van der Waals surface area (Å²) in [6.45, 7) is -0.100. The predicted molar refractivity (Wildman–Crippen MR) is 75.8 cm³/mol. The van der Waals surface area contributed by atoms with E-state index in [1.165, 1.54) is 6.21 Å². The summed E-state index contributed by atoms with van der Waals surface area (Å²) in [5, 5.41) is 12.9. The molecule has 2 aromatic rings. The minimum absolute atomic E-state index is 0.100. The van der Waals surface area contributed by atoms with E-state index < -0.39 is 0 Å². The Morgan fingerprint density at radius 2 is 1.85 bits per heavy atom. The van der Waals surface area contributed by atoms with Crippen LogP contribution in [-0.2, 0) is 4.79 Å². The van der Waals surface area contributed by atoms with E-state index in [0.717, 1.165) is 5.56 Å². The van der Waals surface area contributed by atoms with Gasteiger partial charge in [-0.25, -0.2) is 5.43 Å². The van der Waals surface area contributed by atoms with Crippen LogP contribution in [0.15, 0.2) is 59.7 Å². The van der Waals surface area contributed by atoms with Crippen LogP contribution in [0.4, 0.5) is 0 Å². The van der Waals surface area contributed by atoms with Crippen molar-refractivity contribution in [2.75, 3.05) is 6.61 Å². The summed E-state index contributed by atoms with van der Waals surface area (Å²) in [5.41, 5.74) is 3.13. The SMILES string of the molecule is O=C(COc1ccccc1)N/N=C\c1ccc(O)cc1. The second-order valence-electron chi connectivity index (χ2n) is 3.99. The van der Waals surface area contributed by atoms with Crippen molar-refractivity contribution in [2.24, 2.45) is 5.10 Å². The van der Waals surface area contributed by atoms with Crippen molar-refractivity contribution in [3.05, 3.63) is 60.2 Å². The summed E-state index contributed by atoms with van der Waals surface area (Å²) in [4.78, 5) is 11.5. The van der Waals surface area contributed by atoms with Gasteiger partial charge in [0.2, 0.25) is 0 Å². The van der Waals surface area contributed by atoms with Gasteiger partial charge >= 0.3 is 0 Å². The van der Waals surface area contributed by atoms with Gasteiger partial charge in [0.05, 0.1) is 6.21 Å². The lowest BCUT2D eigenvalue weighted by atomic mass is 10.2. The second-order valence-corrected chi connectivity index (χ2v) is 3.99. The first kappa shape index (κ1) is 13.6. The van der Waals surface area contributed by atoms with Gasteiger partial charge in [-0.3, -0.25) is 4.79 Å². The second kappa shape index (κ2) is 6.94. The summed E-state index contributed by atoms with van der Waals surface area (Å²) in [6, 6.07) is 15.5. The first-order valence-corrected chi connectivity index (χ1v) is 6.03. The van der Waals surface area contributed by atoms with E-state index in [4.69, 9.17) is 9.84 Å². The first-order chi connectivity index (χ1) is 9.74. The first-order valence-electron chi connectivity index (χ1n) is 6.03. The summed E-state index contributed by atoms with van der Waals surface area (Å²) in [7, 11) is 0. The molecule has 0 heterocycles. The Morgan fingerprint density at radius 3 is 2.55 bits per heavy atom. The fourth-order valence-electron chi connectivity index (χ4n) is 1.44. The Morgan fingerprint density at radius 1 is 1.15 bits per heavy atom. The highest BCUT2D eigenvalue weighted by Gasteiger charge is 2.00. The quantitative estimate of drug-likeness (QED) is 0.644. The van der Waals surface area contributed by atoms with Gasteiger partial charge in [0.1, 0.15) is 11.5 Å². The molecule has 0 saturated heterocycles. The molecule has 0 aliphatic rings. The van der Waals surface area contributed by atoms with Crippen LogP contribution in [0.1, 0.15) is 5.56 Å². The van der Waals surface area contributed by atoms with E-state index in [0.29, 0.717) is 5.75 Å². The van der Waals surface area contributed by atoms with Crippen LogP contribution in [0.5, 0.6) is 11.5 Å². The Labute approximate surface area is 116 Å². The fraction of sp³-hybridized carbons (Fsp3) is 0.0667. The molecule has 102 valence electrons. The molecule has 0 aliphatic carbocycles. The molecule has 2 N–H and O–H groups in total. The fourth-order valence-corrected chi connectivity index (χ4v) is 1.44. The average Bonchev–Trinajstić information content (AvgIpc) is 2.48. The van der Waals surface area contributed by atoms with E-state index in [-0.39, 0.29) is 18.3 Å². The number of para-hydroxylation sites is 1. The van der Waals surface area contributed by atoms with Crippen molar-refractivity contribution < 1.29 is 14.6 Å². The number of hydrazone groups is 1. The third-order valence-electron chi connectivity index (χ3n) is 2.41. The number of nitrogens with one attached hydrogen (secondary N) is 1. The van der Waals surface area contributed by atoms with Gasteiger partial charge in [-0.15, -0.1) is 0 Å². The van der Waals surface area contributed by atoms with Crippen LogP contribution >= 0.6 is 0 Å². The number of rotatable bonds is 5. The molecule has 0 atom stereocenters. The number of hydrogen-bond donors (Lipinski definition) is 2. The highest BCUT2D eigenvalue weighted by molar-refractivity contribution is 5.83. The van der Waals surface area contributed by atoms with Crippen LogP contribution in [0.3, 0.4) is 0 Å². The Kier molecular flexibility index (Phi) is 4.72. The van der Waals surface area contributed by atoms with Gasteiger partial charge in [0.25, 0.3) is 5.91 Å². The van der Waals surface area contributed by atoms with Crippen molar-refractivity contribution in [3.63, 3.8) is 0 Å². The van der Waals surface area contributed by atoms with Crippen molar-refractivity contribution in [1.82, 2.24) is 5.43 Å². The lowest BCUT2D eigenvalue weighted by Crippen LogP contribution is -2.24. The summed E-state index contributed by atoms with van der Waals surface area (Å²) >= 11 is 0. The molecule has 2 aromatic carbocycles. The number of phenolic OH excluding ortho intramolecular Hbond substituents is 1. The summed E-state index contributed by atoms with van der Waals surface area (Å²) in [6.07, 6.45) is 1.49. The lowest BCUT2D eigenvalue weighted by molar-refractivity contribution is -0.123. The van der Waals surface area contributed by atoms with Crippen molar-refractivity contribution in [3.8, 4) is 11.5 Å².